The molecule has 4 nitrogen and oxygen atoms in total. The maximum absolute atomic E-state index is 12.0. The molecule has 1 aliphatic rings. The van der Waals surface area contributed by atoms with Crippen molar-refractivity contribution in [1.82, 2.24) is 0 Å². The van der Waals surface area contributed by atoms with E-state index in [2.05, 4.69) is 13.8 Å². The van der Waals surface area contributed by atoms with Crippen molar-refractivity contribution in [2.24, 2.45) is 5.41 Å². The standard InChI is InChI=1S/C15H28O4/c1-7-9-11-12(10-8-2)19-15(5,18-11)14(3,4)13(16)17-6/h11-12H,7-10H2,1-6H3/t11-,12+,15?. The van der Waals surface area contributed by atoms with Crippen LogP contribution in [0.3, 0.4) is 0 Å². The first-order valence-electron chi connectivity index (χ1n) is 7.26. The molecule has 1 fully saturated rings. The summed E-state index contributed by atoms with van der Waals surface area (Å²) in [6.45, 7) is 9.75. The third-order valence-corrected chi connectivity index (χ3v) is 4.14. The summed E-state index contributed by atoms with van der Waals surface area (Å²) in [5.74, 6) is -1.22. The maximum atomic E-state index is 12.0. The average Bonchev–Trinajstić information content (AvgIpc) is 2.67. The lowest BCUT2D eigenvalue weighted by molar-refractivity contribution is -0.236. The molecule has 0 spiro atoms. The van der Waals surface area contributed by atoms with Gasteiger partial charge in [-0.05, 0) is 33.6 Å². The Hall–Kier alpha value is -0.610. The van der Waals surface area contributed by atoms with Crippen LogP contribution in [0, 0.1) is 5.41 Å². The Morgan fingerprint density at radius 2 is 1.58 bits per heavy atom. The number of methoxy groups -OCH3 is 1. The van der Waals surface area contributed by atoms with Gasteiger partial charge in [0.15, 0.2) is 5.79 Å². The van der Waals surface area contributed by atoms with Crippen LogP contribution in [-0.2, 0) is 19.0 Å². The van der Waals surface area contributed by atoms with Crippen molar-refractivity contribution in [3.63, 3.8) is 0 Å². The third kappa shape index (κ3) is 3.11. The molecule has 3 atom stereocenters. The zero-order valence-corrected chi connectivity index (χ0v) is 13.1. The molecule has 1 rings (SSSR count). The van der Waals surface area contributed by atoms with Gasteiger partial charge in [0.1, 0.15) is 5.41 Å². The molecular weight excluding hydrogens is 244 g/mol. The number of carbonyl (C=O) groups excluding carboxylic acids is 1. The second kappa shape index (κ2) is 6.23. The van der Waals surface area contributed by atoms with Crippen molar-refractivity contribution in [1.29, 1.82) is 0 Å². The number of esters is 1. The fraction of sp³-hybridized carbons (Fsp3) is 0.933. The molecular formula is C15H28O4. The number of carbonyl (C=O) groups is 1. The van der Waals surface area contributed by atoms with Gasteiger partial charge in [-0.1, -0.05) is 26.7 Å². The minimum atomic E-state index is -0.917. The lowest BCUT2D eigenvalue weighted by Gasteiger charge is -2.37. The molecule has 1 aliphatic heterocycles. The molecule has 0 aromatic rings. The predicted octanol–water partition coefficient (Wildman–Crippen LogP) is 3.29. The lowest BCUT2D eigenvalue weighted by atomic mass is 9.84. The van der Waals surface area contributed by atoms with Crippen LogP contribution in [0.2, 0.25) is 0 Å². The van der Waals surface area contributed by atoms with Gasteiger partial charge in [0.25, 0.3) is 0 Å². The van der Waals surface area contributed by atoms with E-state index in [4.69, 9.17) is 14.2 Å². The van der Waals surface area contributed by atoms with Gasteiger partial charge in [0.05, 0.1) is 19.3 Å². The minimum absolute atomic E-state index is 0.0684. The first kappa shape index (κ1) is 16.4. The van der Waals surface area contributed by atoms with Gasteiger partial charge in [0.2, 0.25) is 0 Å². The van der Waals surface area contributed by atoms with E-state index in [-0.39, 0.29) is 18.2 Å². The Morgan fingerprint density at radius 1 is 1.16 bits per heavy atom. The highest BCUT2D eigenvalue weighted by atomic mass is 16.8. The highest BCUT2D eigenvalue weighted by Crippen LogP contribution is 2.45. The predicted molar refractivity (Wildman–Crippen MR) is 73.8 cm³/mol. The van der Waals surface area contributed by atoms with E-state index in [1.807, 2.05) is 20.8 Å². The summed E-state index contributed by atoms with van der Waals surface area (Å²) in [5, 5.41) is 0. The molecule has 0 saturated carbocycles. The molecule has 0 bridgehead atoms. The molecule has 0 aromatic heterocycles. The minimum Gasteiger partial charge on any atom is -0.468 e. The van der Waals surface area contributed by atoms with Crippen LogP contribution in [0.25, 0.3) is 0 Å². The molecule has 0 aliphatic carbocycles. The van der Waals surface area contributed by atoms with E-state index < -0.39 is 11.2 Å². The van der Waals surface area contributed by atoms with Gasteiger partial charge in [-0.25, -0.2) is 0 Å². The van der Waals surface area contributed by atoms with Gasteiger partial charge >= 0.3 is 5.97 Å². The highest BCUT2D eigenvalue weighted by Gasteiger charge is 2.56. The van der Waals surface area contributed by atoms with Gasteiger partial charge < -0.3 is 14.2 Å². The van der Waals surface area contributed by atoms with Crippen LogP contribution in [0.1, 0.15) is 60.3 Å². The van der Waals surface area contributed by atoms with Crippen LogP contribution < -0.4 is 0 Å². The third-order valence-electron chi connectivity index (χ3n) is 4.14. The van der Waals surface area contributed by atoms with Gasteiger partial charge in [-0.15, -0.1) is 0 Å². The molecule has 1 saturated heterocycles. The lowest BCUT2D eigenvalue weighted by Crippen LogP contribution is -2.49. The summed E-state index contributed by atoms with van der Waals surface area (Å²) in [7, 11) is 1.40. The van der Waals surface area contributed by atoms with Crippen molar-refractivity contribution >= 4 is 5.97 Å². The summed E-state index contributed by atoms with van der Waals surface area (Å²) < 4.78 is 17.1. The molecule has 1 heterocycles. The van der Waals surface area contributed by atoms with Gasteiger partial charge in [-0.3, -0.25) is 4.79 Å². The smallest absolute Gasteiger partial charge is 0.316 e. The number of hydrogen-bond acceptors (Lipinski definition) is 4. The molecule has 0 amide bonds. The van der Waals surface area contributed by atoms with E-state index in [1.54, 1.807) is 0 Å². The second-order valence-corrected chi connectivity index (χ2v) is 5.95. The van der Waals surface area contributed by atoms with Crippen molar-refractivity contribution in [3.05, 3.63) is 0 Å². The molecule has 0 N–H and O–H groups in total. The topological polar surface area (TPSA) is 44.8 Å². The number of ether oxygens (including phenoxy) is 3. The van der Waals surface area contributed by atoms with E-state index in [1.165, 1.54) is 7.11 Å². The van der Waals surface area contributed by atoms with Gasteiger partial charge in [0, 0.05) is 0 Å². The van der Waals surface area contributed by atoms with Crippen LogP contribution in [0.5, 0.6) is 0 Å². The molecule has 0 radical (unpaired) electrons. The SMILES string of the molecule is CCC[C@@H]1OC(C)(C(C)(C)C(=O)OC)O[C@@H]1CCC. The van der Waals surface area contributed by atoms with Crippen LogP contribution in [-0.4, -0.2) is 31.1 Å². The van der Waals surface area contributed by atoms with Crippen LogP contribution in [0.15, 0.2) is 0 Å². The molecule has 112 valence electrons. The number of hydrogen-bond donors (Lipinski definition) is 0. The van der Waals surface area contributed by atoms with Crippen molar-refractivity contribution in [2.75, 3.05) is 7.11 Å². The Kier molecular flexibility index (Phi) is 5.39. The highest BCUT2D eigenvalue weighted by molar-refractivity contribution is 5.77. The fourth-order valence-corrected chi connectivity index (χ4v) is 2.55. The second-order valence-electron chi connectivity index (χ2n) is 5.95. The van der Waals surface area contributed by atoms with E-state index in [0.717, 1.165) is 25.7 Å². The fourth-order valence-electron chi connectivity index (χ4n) is 2.55. The molecule has 0 aromatic carbocycles. The van der Waals surface area contributed by atoms with Gasteiger partial charge in [-0.2, -0.15) is 0 Å². The molecule has 1 unspecified atom stereocenters. The van der Waals surface area contributed by atoms with E-state index in [0.29, 0.717) is 0 Å². The van der Waals surface area contributed by atoms with E-state index in [9.17, 15) is 4.79 Å². The summed E-state index contributed by atoms with van der Waals surface area (Å²) >= 11 is 0. The maximum Gasteiger partial charge on any atom is 0.316 e. The zero-order chi connectivity index (χ0) is 14.7. The van der Waals surface area contributed by atoms with Crippen molar-refractivity contribution < 1.29 is 19.0 Å². The average molecular weight is 272 g/mol. The van der Waals surface area contributed by atoms with Crippen LogP contribution in [0.4, 0.5) is 0 Å². The Bertz CT molecular complexity index is 297. The normalized spacial score (nSPS) is 31.5. The van der Waals surface area contributed by atoms with Crippen LogP contribution >= 0.6 is 0 Å². The Morgan fingerprint density at radius 3 is 1.89 bits per heavy atom. The number of rotatable bonds is 6. The summed E-state index contributed by atoms with van der Waals surface area (Å²) in [6, 6.07) is 0. The zero-order valence-electron chi connectivity index (χ0n) is 13.1. The first-order valence-corrected chi connectivity index (χ1v) is 7.26. The van der Waals surface area contributed by atoms with Crippen molar-refractivity contribution in [2.45, 2.75) is 78.3 Å². The largest absolute Gasteiger partial charge is 0.468 e. The first-order chi connectivity index (χ1) is 8.82. The van der Waals surface area contributed by atoms with Crippen molar-refractivity contribution in [3.8, 4) is 0 Å². The quantitative estimate of drug-likeness (QED) is 0.696. The Labute approximate surface area is 116 Å². The Balaban J connectivity index is 2.91. The molecule has 19 heavy (non-hydrogen) atoms. The molecule has 4 heteroatoms. The van der Waals surface area contributed by atoms with E-state index >= 15 is 0 Å². The summed E-state index contributed by atoms with van der Waals surface area (Å²) in [5.41, 5.74) is -0.823. The monoisotopic (exact) mass is 272 g/mol. The summed E-state index contributed by atoms with van der Waals surface area (Å²) in [6.07, 6.45) is 4.14. The summed E-state index contributed by atoms with van der Waals surface area (Å²) in [4.78, 5) is 12.0.